The summed E-state index contributed by atoms with van der Waals surface area (Å²) in [6.45, 7) is 4.65. The summed E-state index contributed by atoms with van der Waals surface area (Å²) in [5.41, 5.74) is 5.96. The van der Waals surface area contributed by atoms with Crippen molar-refractivity contribution in [1.82, 2.24) is 4.98 Å². The minimum atomic E-state index is -0.163. The van der Waals surface area contributed by atoms with Crippen molar-refractivity contribution in [1.29, 1.82) is 0 Å². The first-order valence-electron chi connectivity index (χ1n) is 14.3. The minimum absolute atomic E-state index is 0. The van der Waals surface area contributed by atoms with Crippen LogP contribution in [0.1, 0.15) is 19.4 Å². The summed E-state index contributed by atoms with van der Waals surface area (Å²) in [5.74, 6) is -0.226. The molecule has 225 valence electrons. The molecule has 0 bridgehead atoms. The van der Waals surface area contributed by atoms with E-state index >= 15 is 0 Å². The average molecular weight is 787 g/mol. The van der Waals surface area contributed by atoms with Crippen molar-refractivity contribution < 1.29 is 34.4 Å². The molecular weight excluding hydrogens is 758 g/mol. The number of thiophene rings is 1. The Balaban J connectivity index is 0.000000452. The summed E-state index contributed by atoms with van der Waals surface area (Å²) < 4.78 is 16.1. The summed E-state index contributed by atoms with van der Waals surface area (Å²) in [6.07, 6.45) is 2.98. The molecule has 0 atom stereocenters. The predicted octanol–water partition coefficient (Wildman–Crippen LogP) is 10.9. The van der Waals surface area contributed by atoms with E-state index in [0.29, 0.717) is 10.9 Å². The van der Waals surface area contributed by atoms with Gasteiger partial charge in [-0.2, -0.15) is 11.3 Å². The first-order chi connectivity index (χ1) is 21.3. The summed E-state index contributed by atoms with van der Waals surface area (Å²) in [7, 11) is 0. The van der Waals surface area contributed by atoms with Crippen molar-refractivity contribution in [2.24, 2.45) is 0 Å². The van der Waals surface area contributed by atoms with Crippen molar-refractivity contribution in [3.8, 4) is 32.8 Å². The number of hydrogen-bond acceptors (Lipinski definition) is 4. The Bertz CT molecular complexity index is 2190. The van der Waals surface area contributed by atoms with Crippen LogP contribution in [0.15, 0.2) is 121 Å². The van der Waals surface area contributed by atoms with Gasteiger partial charge in [0, 0.05) is 43.5 Å². The largest absolute Gasteiger partial charge is 0.512 e. The van der Waals surface area contributed by atoms with Crippen LogP contribution < -0.4 is 0 Å². The molecule has 0 spiro atoms. The van der Waals surface area contributed by atoms with Crippen molar-refractivity contribution in [2.45, 2.75) is 20.8 Å². The monoisotopic (exact) mass is 787 g/mol. The van der Waals surface area contributed by atoms with Gasteiger partial charge in [-0.25, -0.2) is 4.39 Å². The zero-order chi connectivity index (χ0) is 30.8. The molecule has 2 heterocycles. The number of pyridine rings is 1. The quantitative estimate of drug-likeness (QED) is 0.0837. The third kappa shape index (κ3) is 6.64. The second kappa shape index (κ2) is 13.7. The van der Waals surface area contributed by atoms with Crippen LogP contribution in [0.4, 0.5) is 4.39 Å². The van der Waals surface area contributed by atoms with Crippen molar-refractivity contribution in [3.63, 3.8) is 0 Å². The fourth-order valence-electron chi connectivity index (χ4n) is 5.43. The molecule has 6 heteroatoms. The fourth-order valence-corrected chi connectivity index (χ4v) is 6.59. The number of carbonyl (C=O) groups excluding carboxylic acids is 1. The summed E-state index contributed by atoms with van der Waals surface area (Å²) in [5, 5.41) is 13.0. The molecule has 0 aliphatic carbocycles. The maximum Gasteiger partial charge on any atom is 0.155 e. The third-order valence-corrected chi connectivity index (χ3v) is 8.63. The van der Waals surface area contributed by atoms with E-state index in [0.717, 1.165) is 43.9 Å². The molecule has 0 unspecified atom stereocenters. The van der Waals surface area contributed by atoms with E-state index < -0.39 is 0 Å². The van der Waals surface area contributed by atoms with Crippen LogP contribution >= 0.6 is 11.3 Å². The van der Waals surface area contributed by atoms with Crippen molar-refractivity contribution in [3.05, 3.63) is 139 Å². The normalized spacial score (nSPS) is 11.2. The molecule has 3 nitrogen and oxygen atoms in total. The number of aryl methyl sites for hydroxylation is 1. The standard InChI is InChI=1S/C34H21FNS.C5H8O2.Ir/c1-21-12-13-26-27-16-17-36-33(29(27)15-14-28(26)32(21)35)24-18-25-20-31(23-10-6-3-7-11-23)37-34(25)30(19-24)22-8-4-2-5-9-22;1-4(6)3-5(2)7;/h2-17,19-20H,1H3;3,6H,1-2H3;/q-1;;/b;4-3-;. The summed E-state index contributed by atoms with van der Waals surface area (Å²) in [6, 6.07) is 38.8. The Morgan fingerprint density at radius 1 is 0.822 bits per heavy atom. The van der Waals surface area contributed by atoms with Crippen LogP contribution in [0.3, 0.4) is 0 Å². The van der Waals surface area contributed by atoms with Gasteiger partial charge in [0.15, 0.2) is 5.78 Å². The van der Waals surface area contributed by atoms with Gasteiger partial charge in [0.25, 0.3) is 0 Å². The number of allylic oxidation sites excluding steroid dienone is 2. The number of fused-ring (bicyclic) bond motifs is 4. The van der Waals surface area contributed by atoms with E-state index in [2.05, 4.69) is 66.7 Å². The zero-order valence-corrected chi connectivity index (χ0v) is 28.1. The molecule has 0 amide bonds. The van der Waals surface area contributed by atoms with Gasteiger partial charge in [-0.1, -0.05) is 96.1 Å². The number of aliphatic hydroxyl groups is 1. The first-order valence-corrected chi connectivity index (χ1v) is 15.1. The van der Waals surface area contributed by atoms with Crippen LogP contribution in [0, 0.1) is 18.8 Å². The van der Waals surface area contributed by atoms with E-state index in [1.54, 1.807) is 18.3 Å². The number of aromatic nitrogens is 1. The number of nitrogens with zero attached hydrogens (tertiary/aromatic N) is 1. The topological polar surface area (TPSA) is 50.2 Å². The second-order valence-electron chi connectivity index (χ2n) is 10.7. The molecule has 0 aliphatic rings. The third-order valence-electron chi connectivity index (χ3n) is 7.41. The van der Waals surface area contributed by atoms with E-state index in [1.807, 2.05) is 48.7 Å². The second-order valence-corrected chi connectivity index (χ2v) is 11.7. The molecular formula is C39H29FIrNO2S-. The zero-order valence-electron chi connectivity index (χ0n) is 24.9. The Kier molecular flexibility index (Phi) is 9.69. The molecule has 0 aliphatic heterocycles. The van der Waals surface area contributed by atoms with Gasteiger partial charge in [0.05, 0.1) is 5.76 Å². The Hall–Kier alpha value is -4.48. The van der Waals surface area contributed by atoms with E-state index in [-0.39, 0.29) is 37.5 Å². The number of carbonyl (C=O) groups is 1. The maximum absolute atomic E-state index is 14.9. The molecule has 0 saturated carbocycles. The Labute approximate surface area is 279 Å². The minimum Gasteiger partial charge on any atom is -0.512 e. The van der Waals surface area contributed by atoms with E-state index in [9.17, 15) is 9.18 Å². The SMILES string of the molecule is CC(=O)/C=C(/C)O.Cc1ccc2c(ccc3c(-c4[c-]c5cc(-c6ccccc6)sc5c(-c5ccccc5)c4)nccc32)c1F.[Ir]. The first kappa shape index (κ1) is 31.9. The summed E-state index contributed by atoms with van der Waals surface area (Å²) in [4.78, 5) is 16.0. The number of ketones is 1. The van der Waals surface area contributed by atoms with Crippen LogP contribution in [0.2, 0.25) is 0 Å². The number of halogens is 1. The molecule has 7 aromatic rings. The number of rotatable bonds is 4. The van der Waals surface area contributed by atoms with Crippen LogP contribution in [0.25, 0.3) is 64.5 Å². The molecule has 2 aromatic heterocycles. The Morgan fingerprint density at radius 3 is 2.09 bits per heavy atom. The fraction of sp³-hybridized carbons (Fsp3) is 0.0769. The molecule has 7 rings (SSSR count). The van der Waals surface area contributed by atoms with E-state index in [4.69, 9.17) is 10.1 Å². The van der Waals surface area contributed by atoms with Crippen molar-refractivity contribution >= 4 is 48.8 Å². The van der Waals surface area contributed by atoms with Gasteiger partial charge < -0.3 is 5.11 Å². The van der Waals surface area contributed by atoms with Crippen molar-refractivity contribution in [2.75, 3.05) is 0 Å². The van der Waals surface area contributed by atoms with Crippen LogP contribution in [-0.2, 0) is 24.9 Å². The number of aliphatic hydroxyl groups excluding tert-OH is 1. The predicted molar refractivity (Wildman–Crippen MR) is 182 cm³/mol. The van der Waals surface area contributed by atoms with E-state index in [1.165, 1.54) is 35.1 Å². The van der Waals surface area contributed by atoms with Gasteiger partial charge in [0.1, 0.15) is 5.82 Å². The molecule has 1 N–H and O–H groups in total. The molecule has 5 aromatic carbocycles. The van der Waals surface area contributed by atoms with Gasteiger partial charge in [-0.15, -0.1) is 23.6 Å². The maximum atomic E-state index is 14.9. The van der Waals surface area contributed by atoms with Gasteiger partial charge in [0.2, 0.25) is 0 Å². The summed E-state index contributed by atoms with van der Waals surface area (Å²) >= 11 is 1.79. The van der Waals surface area contributed by atoms with Gasteiger partial charge >= 0.3 is 0 Å². The average Bonchev–Trinajstić information content (AvgIpc) is 3.47. The van der Waals surface area contributed by atoms with Crippen LogP contribution in [-0.4, -0.2) is 15.9 Å². The number of hydrogen-bond donors (Lipinski definition) is 1. The van der Waals surface area contributed by atoms with Gasteiger partial charge in [-0.05, 0) is 69.3 Å². The van der Waals surface area contributed by atoms with Gasteiger partial charge in [-0.3, -0.25) is 9.78 Å². The molecule has 1 radical (unpaired) electrons. The van der Waals surface area contributed by atoms with Crippen LogP contribution in [0.5, 0.6) is 0 Å². The molecule has 0 saturated heterocycles. The number of benzene rings is 5. The Morgan fingerprint density at radius 2 is 1.44 bits per heavy atom. The smallest absolute Gasteiger partial charge is 0.155 e. The molecule has 45 heavy (non-hydrogen) atoms. The molecule has 0 fully saturated rings.